The molecule has 3 nitrogen and oxygen atoms in total. The van der Waals surface area contributed by atoms with Crippen LogP contribution >= 0.6 is 0 Å². The lowest BCUT2D eigenvalue weighted by atomic mass is 10.1. The maximum atomic E-state index is 9.34. The summed E-state index contributed by atoms with van der Waals surface area (Å²) in [4.78, 5) is 2.15. The average Bonchev–Trinajstić information content (AvgIpc) is 2.30. The molecule has 0 spiro atoms. The van der Waals surface area contributed by atoms with Crippen LogP contribution in [0.15, 0.2) is 0 Å². The van der Waals surface area contributed by atoms with Crippen LogP contribution in [-0.4, -0.2) is 49.0 Å². The predicted molar refractivity (Wildman–Crippen MR) is 43.5 cm³/mol. The van der Waals surface area contributed by atoms with Gasteiger partial charge < -0.3 is 9.84 Å². The zero-order valence-corrected chi connectivity index (χ0v) is 7.45. The van der Waals surface area contributed by atoms with Crippen molar-refractivity contribution in [3.8, 4) is 0 Å². The van der Waals surface area contributed by atoms with Crippen molar-refractivity contribution >= 4 is 0 Å². The van der Waals surface area contributed by atoms with Gasteiger partial charge in [0.25, 0.3) is 0 Å². The van der Waals surface area contributed by atoms with E-state index in [-0.39, 0.29) is 12.1 Å². The summed E-state index contributed by atoms with van der Waals surface area (Å²) in [5.41, 5.74) is 0. The van der Waals surface area contributed by atoms with Crippen LogP contribution in [0.3, 0.4) is 0 Å². The minimum atomic E-state index is -0.250. The van der Waals surface area contributed by atoms with Gasteiger partial charge in [-0.25, -0.2) is 0 Å². The monoisotopic (exact) mass is 159 g/mol. The zero-order chi connectivity index (χ0) is 8.43. The van der Waals surface area contributed by atoms with E-state index >= 15 is 0 Å². The van der Waals surface area contributed by atoms with Crippen LogP contribution in [-0.2, 0) is 4.74 Å². The normalized spacial score (nSPS) is 36.0. The van der Waals surface area contributed by atoms with Crippen LogP contribution in [0, 0.1) is 0 Å². The topological polar surface area (TPSA) is 32.7 Å². The molecule has 3 atom stereocenters. The van der Waals surface area contributed by atoms with Crippen LogP contribution in [0.5, 0.6) is 0 Å². The predicted octanol–water partition coefficient (Wildman–Crippen LogP) is 0.0863. The highest BCUT2D eigenvalue weighted by atomic mass is 16.5. The SMILES string of the molecule is COC1C[C@@H]([C@H](C)O)N(C)C1. The first-order valence-corrected chi connectivity index (χ1v) is 4.06. The maximum absolute atomic E-state index is 9.34. The molecule has 66 valence electrons. The standard InChI is InChI=1S/C8H17NO2/c1-6(10)8-4-7(11-3)5-9(8)2/h6-8,10H,4-5H2,1-3H3/t6-,7?,8-/m0/s1. The second-order valence-electron chi connectivity index (χ2n) is 3.34. The van der Waals surface area contributed by atoms with Crippen LogP contribution < -0.4 is 0 Å². The molecule has 0 amide bonds. The summed E-state index contributed by atoms with van der Waals surface area (Å²) < 4.78 is 5.21. The third-order valence-electron chi connectivity index (χ3n) is 2.45. The van der Waals surface area contributed by atoms with E-state index in [0.717, 1.165) is 13.0 Å². The Bertz CT molecular complexity index is 127. The van der Waals surface area contributed by atoms with Gasteiger partial charge in [0.05, 0.1) is 12.2 Å². The second-order valence-corrected chi connectivity index (χ2v) is 3.34. The fourth-order valence-electron chi connectivity index (χ4n) is 1.72. The fraction of sp³-hybridized carbons (Fsp3) is 1.00. The number of aliphatic hydroxyl groups excluding tert-OH is 1. The minimum Gasteiger partial charge on any atom is -0.392 e. The van der Waals surface area contributed by atoms with Gasteiger partial charge in [0.1, 0.15) is 0 Å². The zero-order valence-electron chi connectivity index (χ0n) is 7.45. The molecule has 1 heterocycles. The molecule has 1 aliphatic heterocycles. The van der Waals surface area contributed by atoms with E-state index in [1.54, 1.807) is 7.11 Å². The molecule has 0 radical (unpaired) electrons. The van der Waals surface area contributed by atoms with Crippen LogP contribution in [0.2, 0.25) is 0 Å². The Morgan fingerprint density at radius 3 is 2.55 bits per heavy atom. The third-order valence-corrected chi connectivity index (χ3v) is 2.45. The second kappa shape index (κ2) is 3.52. The Balaban J connectivity index is 2.45. The molecule has 1 N–H and O–H groups in total. The first-order chi connectivity index (χ1) is 5.15. The van der Waals surface area contributed by atoms with Crippen molar-refractivity contribution in [3.63, 3.8) is 0 Å². The van der Waals surface area contributed by atoms with Gasteiger partial charge in [-0.3, -0.25) is 4.90 Å². The van der Waals surface area contributed by atoms with E-state index < -0.39 is 0 Å². The highest BCUT2D eigenvalue weighted by Crippen LogP contribution is 2.20. The summed E-state index contributed by atoms with van der Waals surface area (Å²) in [6.07, 6.45) is 1.00. The number of methoxy groups -OCH3 is 1. The summed E-state index contributed by atoms with van der Waals surface area (Å²) in [6.45, 7) is 2.77. The molecular weight excluding hydrogens is 142 g/mol. The molecular formula is C8H17NO2. The lowest BCUT2D eigenvalue weighted by Gasteiger charge is -2.21. The first kappa shape index (κ1) is 8.97. The number of aliphatic hydroxyl groups is 1. The molecule has 0 bridgehead atoms. The van der Waals surface area contributed by atoms with Crippen LogP contribution in [0.4, 0.5) is 0 Å². The van der Waals surface area contributed by atoms with Gasteiger partial charge in [-0.15, -0.1) is 0 Å². The van der Waals surface area contributed by atoms with E-state index in [1.807, 2.05) is 14.0 Å². The number of likely N-dealkylation sites (N-methyl/N-ethyl adjacent to an activating group) is 1. The Hall–Kier alpha value is -0.120. The molecule has 0 aromatic rings. The molecule has 1 aliphatic rings. The lowest BCUT2D eigenvalue weighted by molar-refractivity contribution is 0.0979. The van der Waals surface area contributed by atoms with Gasteiger partial charge >= 0.3 is 0 Å². The quantitative estimate of drug-likeness (QED) is 0.619. The van der Waals surface area contributed by atoms with Crippen molar-refractivity contribution in [1.29, 1.82) is 0 Å². The van der Waals surface area contributed by atoms with Crippen molar-refractivity contribution in [2.75, 3.05) is 20.7 Å². The smallest absolute Gasteiger partial charge is 0.0714 e. The number of rotatable bonds is 2. The van der Waals surface area contributed by atoms with Gasteiger partial charge in [0.2, 0.25) is 0 Å². The Morgan fingerprint density at radius 1 is 1.64 bits per heavy atom. The van der Waals surface area contributed by atoms with Crippen LogP contribution in [0.25, 0.3) is 0 Å². The molecule has 1 rings (SSSR count). The highest BCUT2D eigenvalue weighted by Gasteiger charge is 2.31. The van der Waals surface area contributed by atoms with E-state index in [4.69, 9.17) is 4.74 Å². The van der Waals surface area contributed by atoms with Crippen LogP contribution in [0.1, 0.15) is 13.3 Å². The third kappa shape index (κ3) is 1.92. The first-order valence-electron chi connectivity index (χ1n) is 4.06. The molecule has 1 unspecified atom stereocenters. The molecule has 1 saturated heterocycles. The molecule has 0 aliphatic carbocycles. The van der Waals surface area contributed by atoms with E-state index in [1.165, 1.54) is 0 Å². The van der Waals surface area contributed by atoms with Crippen molar-refractivity contribution in [2.45, 2.75) is 31.6 Å². The van der Waals surface area contributed by atoms with Crippen molar-refractivity contribution in [1.82, 2.24) is 4.90 Å². The van der Waals surface area contributed by atoms with E-state index in [2.05, 4.69) is 4.90 Å². The van der Waals surface area contributed by atoms with Crippen molar-refractivity contribution in [2.24, 2.45) is 0 Å². The van der Waals surface area contributed by atoms with Gasteiger partial charge in [-0.05, 0) is 20.4 Å². The number of hydrogen-bond donors (Lipinski definition) is 1. The van der Waals surface area contributed by atoms with Gasteiger partial charge in [0.15, 0.2) is 0 Å². The summed E-state index contributed by atoms with van der Waals surface area (Å²) in [5, 5.41) is 9.34. The average molecular weight is 159 g/mol. The largest absolute Gasteiger partial charge is 0.392 e. The number of ether oxygens (including phenoxy) is 1. The van der Waals surface area contributed by atoms with E-state index in [0.29, 0.717) is 6.10 Å². The highest BCUT2D eigenvalue weighted by molar-refractivity contribution is 4.86. The fourth-order valence-corrected chi connectivity index (χ4v) is 1.72. The minimum absolute atomic E-state index is 0.250. The van der Waals surface area contributed by atoms with Crippen molar-refractivity contribution in [3.05, 3.63) is 0 Å². The Morgan fingerprint density at radius 2 is 2.27 bits per heavy atom. The summed E-state index contributed by atoms with van der Waals surface area (Å²) >= 11 is 0. The van der Waals surface area contributed by atoms with Gasteiger partial charge in [-0.1, -0.05) is 0 Å². The summed E-state index contributed by atoms with van der Waals surface area (Å²) in [7, 11) is 3.75. The summed E-state index contributed by atoms with van der Waals surface area (Å²) in [6, 6.07) is 0.278. The molecule has 0 aromatic heterocycles. The lowest BCUT2D eigenvalue weighted by Crippen LogP contribution is -2.34. The number of likely N-dealkylation sites (tertiary alicyclic amines) is 1. The number of hydrogen-bond acceptors (Lipinski definition) is 3. The number of nitrogens with zero attached hydrogens (tertiary/aromatic N) is 1. The summed E-state index contributed by atoms with van der Waals surface area (Å²) in [5.74, 6) is 0. The molecule has 3 heteroatoms. The van der Waals surface area contributed by atoms with Gasteiger partial charge in [0, 0.05) is 19.7 Å². The molecule has 0 saturated carbocycles. The van der Waals surface area contributed by atoms with Gasteiger partial charge in [-0.2, -0.15) is 0 Å². The molecule has 1 fully saturated rings. The molecule has 11 heavy (non-hydrogen) atoms. The van der Waals surface area contributed by atoms with Crippen molar-refractivity contribution < 1.29 is 9.84 Å². The molecule has 0 aromatic carbocycles. The Labute approximate surface area is 68.0 Å². The maximum Gasteiger partial charge on any atom is 0.0714 e. The Kier molecular flexibility index (Phi) is 2.87. The van der Waals surface area contributed by atoms with E-state index in [9.17, 15) is 5.11 Å².